The van der Waals surface area contributed by atoms with Crippen molar-refractivity contribution in [3.8, 4) is 0 Å². The van der Waals surface area contributed by atoms with Crippen LogP contribution in [0.4, 0.5) is 13.2 Å². The summed E-state index contributed by atoms with van der Waals surface area (Å²) in [5.74, 6) is -3.09. The van der Waals surface area contributed by atoms with Crippen LogP contribution in [0.5, 0.6) is 0 Å². The van der Waals surface area contributed by atoms with Crippen molar-refractivity contribution in [3.05, 3.63) is 0 Å². The van der Waals surface area contributed by atoms with E-state index in [1.165, 1.54) is 0 Å². The monoisotopic (exact) mass is 153 g/mol. The predicted octanol–water partition coefficient (Wildman–Crippen LogP) is 1.30. The highest BCUT2D eigenvalue weighted by molar-refractivity contribution is 4.84. The third-order valence-electron chi connectivity index (χ3n) is 1.76. The highest BCUT2D eigenvalue weighted by Gasteiger charge is 2.43. The number of likely N-dealkylation sites (tertiary alicyclic amines) is 1. The van der Waals surface area contributed by atoms with Crippen molar-refractivity contribution in [2.45, 2.75) is 18.5 Å². The molecular formula is C6H10F3N. The van der Waals surface area contributed by atoms with E-state index in [4.69, 9.17) is 0 Å². The average Bonchev–Trinajstić information content (AvgIpc) is 1.81. The Kier molecular flexibility index (Phi) is 1.90. The lowest BCUT2D eigenvalue weighted by Crippen LogP contribution is -2.46. The molecule has 1 atom stereocenters. The van der Waals surface area contributed by atoms with Crippen molar-refractivity contribution in [3.63, 3.8) is 0 Å². The zero-order chi connectivity index (χ0) is 7.78. The second-order valence-electron chi connectivity index (χ2n) is 2.74. The normalized spacial score (nSPS) is 34.2. The van der Waals surface area contributed by atoms with E-state index in [9.17, 15) is 13.2 Å². The Balaban J connectivity index is 2.52. The maximum Gasteiger partial charge on any atom is 0.281 e. The molecule has 0 aromatic heterocycles. The molecule has 1 saturated heterocycles. The van der Waals surface area contributed by atoms with Crippen molar-refractivity contribution in [1.82, 2.24) is 4.90 Å². The van der Waals surface area contributed by atoms with Crippen LogP contribution in [0.1, 0.15) is 6.42 Å². The van der Waals surface area contributed by atoms with E-state index in [1.807, 2.05) is 0 Å². The van der Waals surface area contributed by atoms with Gasteiger partial charge in [-0.15, -0.1) is 0 Å². The average molecular weight is 153 g/mol. The number of piperidine rings is 1. The first kappa shape index (κ1) is 7.85. The zero-order valence-electron chi connectivity index (χ0n) is 5.78. The second-order valence-corrected chi connectivity index (χ2v) is 2.74. The van der Waals surface area contributed by atoms with E-state index in [2.05, 4.69) is 0 Å². The van der Waals surface area contributed by atoms with Crippen molar-refractivity contribution >= 4 is 0 Å². The molecule has 0 bridgehead atoms. The number of hydrogen-bond donors (Lipinski definition) is 0. The van der Waals surface area contributed by atoms with Crippen LogP contribution in [0.2, 0.25) is 0 Å². The van der Waals surface area contributed by atoms with Crippen LogP contribution < -0.4 is 0 Å². The Morgan fingerprint density at radius 1 is 1.50 bits per heavy atom. The molecule has 10 heavy (non-hydrogen) atoms. The van der Waals surface area contributed by atoms with Gasteiger partial charge in [-0.25, -0.2) is 13.2 Å². The van der Waals surface area contributed by atoms with Crippen LogP contribution >= 0.6 is 0 Å². The van der Waals surface area contributed by atoms with E-state index in [0.29, 0.717) is 0 Å². The molecule has 1 fully saturated rings. The summed E-state index contributed by atoms with van der Waals surface area (Å²) in [5, 5.41) is 0. The summed E-state index contributed by atoms with van der Waals surface area (Å²) in [6.07, 6.45) is -2.34. The summed E-state index contributed by atoms with van der Waals surface area (Å²) in [6.45, 7) is 0.139. The fourth-order valence-corrected chi connectivity index (χ4v) is 0.995. The van der Waals surface area contributed by atoms with Crippen molar-refractivity contribution < 1.29 is 13.2 Å². The minimum Gasteiger partial charge on any atom is -0.303 e. The number of rotatable bonds is 0. The highest BCUT2D eigenvalue weighted by Crippen LogP contribution is 2.29. The summed E-state index contributed by atoms with van der Waals surface area (Å²) in [7, 11) is 1.64. The molecule has 0 N–H and O–H groups in total. The third-order valence-corrected chi connectivity index (χ3v) is 1.76. The molecular weight excluding hydrogens is 143 g/mol. The first-order valence-electron chi connectivity index (χ1n) is 3.23. The molecule has 0 aromatic rings. The van der Waals surface area contributed by atoms with Crippen molar-refractivity contribution in [2.75, 3.05) is 20.1 Å². The smallest absolute Gasteiger partial charge is 0.281 e. The molecule has 60 valence electrons. The van der Waals surface area contributed by atoms with Crippen LogP contribution in [-0.4, -0.2) is 37.1 Å². The van der Waals surface area contributed by atoms with E-state index in [1.54, 1.807) is 11.9 Å². The molecule has 1 heterocycles. The molecule has 0 radical (unpaired) electrons. The van der Waals surface area contributed by atoms with Gasteiger partial charge in [0.05, 0.1) is 0 Å². The zero-order valence-corrected chi connectivity index (χ0v) is 5.78. The summed E-state index contributed by atoms with van der Waals surface area (Å²) < 4.78 is 37.2. The fraction of sp³-hybridized carbons (Fsp3) is 1.00. The van der Waals surface area contributed by atoms with Gasteiger partial charge in [0.1, 0.15) is 0 Å². The van der Waals surface area contributed by atoms with Gasteiger partial charge in [0.25, 0.3) is 5.92 Å². The van der Waals surface area contributed by atoms with Gasteiger partial charge in [0, 0.05) is 19.5 Å². The van der Waals surface area contributed by atoms with E-state index in [0.717, 1.165) is 0 Å². The quantitative estimate of drug-likeness (QED) is 0.507. The SMILES string of the molecule is CN1CCC(F)(F)C(F)C1. The largest absolute Gasteiger partial charge is 0.303 e. The van der Waals surface area contributed by atoms with E-state index < -0.39 is 12.1 Å². The lowest BCUT2D eigenvalue weighted by molar-refractivity contribution is -0.112. The molecule has 1 aliphatic rings. The van der Waals surface area contributed by atoms with Gasteiger partial charge < -0.3 is 4.90 Å². The lowest BCUT2D eigenvalue weighted by atomic mass is 10.1. The van der Waals surface area contributed by atoms with Crippen molar-refractivity contribution in [2.24, 2.45) is 0 Å². The summed E-state index contributed by atoms with van der Waals surface area (Å²) >= 11 is 0. The van der Waals surface area contributed by atoms with Crippen LogP contribution in [0.25, 0.3) is 0 Å². The molecule has 0 aliphatic carbocycles. The summed E-state index contributed by atoms with van der Waals surface area (Å²) in [5.41, 5.74) is 0. The number of halogens is 3. The van der Waals surface area contributed by atoms with Gasteiger partial charge in [-0.3, -0.25) is 0 Å². The minimum atomic E-state index is -3.09. The number of hydrogen-bond acceptors (Lipinski definition) is 1. The number of alkyl halides is 3. The van der Waals surface area contributed by atoms with Crippen LogP contribution in [0.3, 0.4) is 0 Å². The van der Waals surface area contributed by atoms with Gasteiger partial charge >= 0.3 is 0 Å². The molecule has 1 nitrogen and oxygen atoms in total. The maximum absolute atomic E-state index is 12.4. The Hall–Kier alpha value is -0.250. The highest BCUT2D eigenvalue weighted by atomic mass is 19.3. The Morgan fingerprint density at radius 2 is 2.10 bits per heavy atom. The molecule has 4 heteroatoms. The Labute approximate surface area is 57.8 Å². The Bertz CT molecular complexity index is 126. The predicted molar refractivity (Wildman–Crippen MR) is 32.0 cm³/mol. The molecule has 1 unspecified atom stereocenters. The molecule has 1 aliphatic heterocycles. The van der Waals surface area contributed by atoms with Gasteiger partial charge in [-0.2, -0.15) is 0 Å². The molecule has 0 aromatic carbocycles. The van der Waals surface area contributed by atoms with E-state index >= 15 is 0 Å². The first-order chi connectivity index (χ1) is 4.52. The van der Waals surface area contributed by atoms with Gasteiger partial charge in [-0.1, -0.05) is 0 Å². The van der Waals surface area contributed by atoms with Crippen LogP contribution in [-0.2, 0) is 0 Å². The van der Waals surface area contributed by atoms with Gasteiger partial charge in [0.15, 0.2) is 6.17 Å². The lowest BCUT2D eigenvalue weighted by Gasteiger charge is -2.31. The summed E-state index contributed by atoms with van der Waals surface area (Å²) in [6, 6.07) is 0. The first-order valence-corrected chi connectivity index (χ1v) is 3.23. The molecule has 1 rings (SSSR count). The topological polar surface area (TPSA) is 3.24 Å². The second kappa shape index (κ2) is 2.42. The standard InChI is InChI=1S/C6H10F3N/c1-10-3-2-6(8,9)5(7)4-10/h5H,2-4H2,1H3. The van der Waals surface area contributed by atoms with E-state index in [-0.39, 0.29) is 19.5 Å². The van der Waals surface area contributed by atoms with Crippen LogP contribution in [0, 0.1) is 0 Å². The third kappa shape index (κ3) is 1.42. The fourth-order valence-electron chi connectivity index (χ4n) is 0.995. The molecule has 0 spiro atoms. The van der Waals surface area contributed by atoms with Gasteiger partial charge in [-0.05, 0) is 7.05 Å². The van der Waals surface area contributed by atoms with Gasteiger partial charge in [0.2, 0.25) is 0 Å². The molecule has 0 saturated carbocycles. The maximum atomic E-state index is 12.4. The van der Waals surface area contributed by atoms with Crippen molar-refractivity contribution in [1.29, 1.82) is 0 Å². The minimum absolute atomic E-state index is 0.146. The molecule has 0 amide bonds. The summed E-state index contributed by atoms with van der Waals surface area (Å²) in [4.78, 5) is 1.57. The van der Waals surface area contributed by atoms with Crippen LogP contribution in [0.15, 0.2) is 0 Å². The number of nitrogens with zero attached hydrogens (tertiary/aromatic N) is 1. The Morgan fingerprint density at radius 3 is 2.50 bits per heavy atom.